The first-order valence-electron chi connectivity index (χ1n) is 22.7. The minimum Gasteiger partial charge on any atom is -0.477 e. The first-order valence-corrected chi connectivity index (χ1v) is 22.7. The summed E-state index contributed by atoms with van der Waals surface area (Å²) in [6.45, 7) is 11.8. The van der Waals surface area contributed by atoms with Crippen LogP contribution in [0.15, 0.2) is 119 Å². The van der Waals surface area contributed by atoms with Crippen LogP contribution < -0.4 is 20.7 Å². The normalized spacial score (nSPS) is 14.5. The smallest absolute Gasteiger partial charge is 0.341 e. The Balaban J connectivity index is 0.000000183. The topological polar surface area (TPSA) is 157 Å². The molecule has 0 atom stereocenters. The Morgan fingerprint density at radius 2 is 0.942 bits per heavy atom. The third-order valence-corrected chi connectivity index (χ3v) is 13.1. The summed E-state index contributed by atoms with van der Waals surface area (Å²) in [4.78, 5) is 65.8. The fourth-order valence-electron chi connectivity index (χ4n) is 9.48. The van der Waals surface area contributed by atoms with Gasteiger partial charge in [0.05, 0.1) is 33.4 Å². The van der Waals surface area contributed by atoms with Gasteiger partial charge in [-0.15, -0.1) is 12.4 Å². The van der Waals surface area contributed by atoms with Crippen molar-refractivity contribution in [3.8, 4) is 0 Å². The molecule has 17 heteroatoms. The largest absolute Gasteiger partial charge is 0.477 e. The number of hydrogen-bond donors (Lipinski definition) is 2. The van der Waals surface area contributed by atoms with Gasteiger partial charge in [0.1, 0.15) is 22.8 Å². The maximum absolute atomic E-state index is 15.1. The maximum atomic E-state index is 15.1. The number of nitrogens with zero attached hydrogens (tertiary/aromatic N) is 8. The highest BCUT2D eigenvalue weighted by Crippen LogP contribution is 2.29. The second-order valence-electron chi connectivity index (χ2n) is 17.1. The number of pyridine rings is 4. The van der Waals surface area contributed by atoms with Gasteiger partial charge in [0, 0.05) is 125 Å². The summed E-state index contributed by atoms with van der Waals surface area (Å²) in [6, 6.07) is 26.1. The molecular weight excluding hydrogens is 906 g/mol. The highest BCUT2D eigenvalue weighted by atomic mass is 35.5. The van der Waals surface area contributed by atoms with Crippen LogP contribution in [-0.4, -0.2) is 103 Å². The van der Waals surface area contributed by atoms with Gasteiger partial charge in [0.2, 0.25) is 10.9 Å². The van der Waals surface area contributed by atoms with Gasteiger partial charge in [-0.2, -0.15) is 0 Å². The molecule has 0 radical (unpaired) electrons. The van der Waals surface area contributed by atoms with E-state index in [4.69, 9.17) is 0 Å². The Kier molecular flexibility index (Phi) is 14.3. The number of aromatic carboxylic acids is 2. The third kappa shape index (κ3) is 9.73. The van der Waals surface area contributed by atoms with Gasteiger partial charge in [-0.1, -0.05) is 48.5 Å². The second kappa shape index (κ2) is 20.5. The third-order valence-electron chi connectivity index (χ3n) is 13.1. The van der Waals surface area contributed by atoms with E-state index in [1.54, 1.807) is 21.3 Å². The molecule has 10 rings (SSSR count). The predicted molar refractivity (Wildman–Crippen MR) is 267 cm³/mol. The van der Waals surface area contributed by atoms with E-state index in [9.17, 15) is 29.4 Å². The van der Waals surface area contributed by atoms with E-state index in [2.05, 4.69) is 56.2 Å². The van der Waals surface area contributed by atoms with E-state index in [0.717, 1.165) is 61.1 Å². The molecule has 6 heterocycles. The summed E-state index contributed by atoms with van der Waals surface area (Å²) in [7, 11) is 0. The first kappa shape index (κ1) is 48.2. The maximum Gasteiger partial charge on any atom is 0.341 e. The number of benzene rings is 4. The molecule has 0 aliphatic carbocycles. The molecule has 8 aromatic rings. The number of carboxylic acid groups (broad SMARTS) is 2. The minimum atomic E-state index is -1.31. The van der Waals surface area contributed by atoms with Gasteiger partial charge in [0.25, 0.3) is 0 Å². The van der Waals surface area contributed by atoms with E-state index < -0.39 is 34.4 Å². The molecule has 2 N–H and O–H groups in total. The molecule has 0 saturated carbocycles. The highest BCUT2D eigenvalue weighted by molar-refractivity contribution is 5.95. The fraction of sp³-hybridized carbons (Fsp3) is 0.269. The number of aromatic nitrogens is 4. The van der Waals surface area contributed by atoms with Crippen molar-refractivity contribution in [1.82, 2.24) is 28.9 Å². The molecule has 69 heavy (non-hydrogen) atoms. The molecule has 356 valence electrons. The van der Waals surface area contributed by atoms with Crippen molar-refractivity contribution < 1.29 is 28.6 Å². The number of aryl methyl sites for hydroxylation is 2. The SMILES string of the molecule is CCn1cc(C(=O)O)c(=O)c2cc(F)c(N3CCN(Cc4cccc5cccnc45)CC3)cc21.CCn1cc(C(=O)O)c(=O)c2cc(F)c(N3CCN(Cc4cccc5cccnc45)CC3)cc21.Cl. The molecule has 2 aliphatic rings. The summed E-state index contributed by atoms with van der Waals surface area (Å²) >= 11 is 0. The molecule has 2 fully saturated rings. The van der Waals surface area contributed by atoms with Crippen LogP contribution in [0.1, 0.15) is 45.7 Å². The quantitative estimate of drug-likeness (QED) is 0.137. The van der Waals surface area contributed by atoms with E-state index in [0.29, 0.717) is 61.7 Å². The van der Waals surface area contributed by atoms with Gasteiger partial charge < -0.3 is 29.1 Å². The van der Waals surface area contributed by atoms with Crippen LogP contribution in [-0.2, 0) is 26.2 Å². The Labute approximate surface area is 401 Å². The molecule has 0 unspecified atom stereocenters. The molecule has 4 aromatic heterocycles. The van der Waals surface area contributed by atoms with Crippen LogP contribution in [0.25, 0.3) is 43.6 Å². The molecule has 2 saturated heterocycles. The summed E-state index contributed by atoms with van der Waals surface area (Å²) in [5.74, 6) is -3.64. The monoisotopic (exact) mass is 956 g/mol. The van der Waals surface area contributed by atoms with E-state index in [1.165, 1.54) is 35.7 Å². The minimum absolute atomic E-state index is 0. The van der Waals surface area contributed by atoms with Crippen LogP contribution >= 0.6 is 12.4 Å². The molecule has 0 bridgehead atoms. The summed E-state index contributed by atoms with van der Waals surface area (Å²) < 4.78 is 33.6. The Morgan fingerprint density at radius 1 is 0.565 bits per heavy atom. The average Bonchev–Trinajstić information content (AvgIpc) is 3.35. The number of piperazine rings is 2. The number of carbonyl (C=O) groups is 2. The number of fused-ring (bicyclic) bond motifs is 4. The summed E-state index contributed by atoms with van der Waals surface area (Å²) in [6.07, 6.45) is 6.29. The number of carboxylic acids is 2. The van der Waals surface area contributed by atoms with Gasteiger partial charge in [0.15, 0.2) is 0 Å². The van der Waals surface area contributed by atoms with Crippen LogP contribution in [0.3, 0.4) is 0 Å². The van der Waals surface area contributed by atoms with Gasteiger partial charge >= 0.3 is 11.9 Å². The van der Waals surface area contributed by atoms with Gasteiger partial charge in [-0.3, -0.25) is 29.4 Å². The van der Waals surface area contributed by atoms with Crippen LogP contribution in [0.5, 0.6) is 0 Å². The lowest BCUT2D eigenvalue weighted by molar-refractivity contribution is 0.0684. The van der Waals surface area contributed by atoms with Crippen LogP contribution in [0, 0.1) is 11.6 Å². The fourth-order valence-corrected chi connectivity index (χ4v) is 9.48. The zero-order chi connectivity index (χ0) is 47.6. The number of para-hydroxylation sites is 2. The highest BCUT2D eigenvalue weighted by Gasteiger charge is 2.25. The van der Waals surface area contributed by atoms with Crippen molar-refractivity contribution in [1.29, 1.82) is 0 Å². The van der Waals surface area contributed by atoms with Crippen molar-refractivity contribution in [2.45, 2.75) is 40.0 Å². The van der Waals surface area contributed by atoms with E-state index in [1.807, 2.05) is 60.3 Å². The standard InChI is InChI=1S/2C26H25FN4O3.ClH/c2*1-2-30-16-20(26(33)34)25(32)19-13-21(27)23(14-22(19)30)31-11-9-29(10-12-31)15-18-6-3-5-17-7-4-8-28-24(17)18;/h2*3-8,13-14,16H,2,9-12,15H2,1H3,(H,33,34);1H. The molecule has 0 spiro atoms. The lowest BCUT2D eigenvalue weighted by Gasteiger charge is -2.36. The van der Waals surface area contributed by atoms with Gasteiger partial charge in [-0.05, 0) is 61.4 Å². The lowest BCUT2D eigenvalue weighted by atomic mass is 10.1. The number of rotatable bonds is 10. The molecule has 4 aromatic carbocycles. The van der Waals surface area contributed by atoms with Gasteiger partial charge in [-0.25, -0.2) is 18.4 Å². The molecule has 2 aliphatic heterocycles. The number of halogens is 3. The zero-order valence-electron chi connectivity index (χ0n) is 38.1. The Morgan fingerprint density at radius 3 is 1.30 bits per heavy atom. The van der Waals surface area contributed by atoms with Crippen molar-refractivity contribution >= 4 is 79.3 Å². The second-order valence-corrected chi connectivity index (χ2v) is 17.1. The Bertz CT molecular complexity index is 3140. The predicted octanol–water partition coefficient (Wildman–Crippen LogP) is 7.88. The lowest BCUT2D eigenvalue weighted by Crippen LogP contribution is -2.46. The molecule has 14 nitrogen and oxygen atoms in total. The first-order chi connectivity index (χ1) is 32.9. The van der Waals surface area contributed by atoms with Crippen molar-refractivity contribution in [3.63, 3.8) is 0 Å². The summed E-state index contributed by atoms with van der Waals surface area (Å²) in [5, 5.41) is 21.1. The Hall–Kier alpha value is -7.27. The average molecular weight is 957 g/mol. The van der Waals surface area contributed by atoms with Crippen molar-refractivity contribution in [2.24, 2.45) is 0 Å². The van der Waals surface area contributed by atoms with E-state index in [-0.39, 0.29) is 34.3 Å². The molecule has 0 amide bonds. The zero-order valence-corrected chi connectivity index (χ0v) is 39.0. The molecular formula is C52H51ClF2N8O6. The summed E-state index contributed by atoms with van der Waals surface area (Å²) in [5.41, 5.74) is 4.28. The van der Waals surface area contributed by atoms with Crippen molar-refractivity contribution in [3.05, 3.63) is 164 Å². The van der Waals surface area contributed by atoms with E-state index >= 15 is 8.78 Å². The number of anilines is 2. The van der Waals surface area contributed by atoms with Crippen LogP contribution in [0.4, 0.5) is 20.2 Å². The van der Waals surface area contributed by atoms with Crippen molar-refractivity contribution in [2.75, 3.05) is 62.2 Å². The number of hydrogen-bond acceptors (Lipinski definition) is 10. The van der Waals surface area contributed by atoms with Crippen LogP contribution in [0.2, 0.25) is 0 Å².